The van der Waals surface area contributed by atoms with Gasteiger partial charge in [-0.05, 0) is 44.0 Å². The summed E-state index contributed by atoms with van der Waals surface area (Å²) in [4.78, 5) is 23.6. The molecule has 0 aliphatic carbocycles. The van der Waals surface area contributed by atoms with E-state index in [1.54, 1.807) is 41.0 Å². The zero-order chi connectivity index (χ0) is 15.9. The van der Waals surface area contributed by atoms with Crippen molar-refractivity contribution >= 4 is 17.3 Å². The number of carbonyl (C=O) groups excluding carboxylic acids is 1. The van der Waals surface area contributed by atoms with Crippen molar-refractivity contribution in [1.82, 2.24) is 4.57 Å². The number of unbranched alkanes of at least 4 members (excludes halogenated alkanes) is 1. The summed E-state index contributed by atoms with van der Waals surface area (Å²) in [6.45, 7) is 2.55. The van der Waals surface area contributed by atoms with Gasteiger partial charge < -0.3 is 15.6 Å². The van der Waals surface area contributed by atoms with Crippen LogP contribution in [0.25, 0.3) is 0 Å². The van der Waals surface area contributed by atoms with Crippen molar-refractivity contribution in [3.8, 4) is 0 Å². The molecule has 0 atom stereocenters. The third kappa shape index (κ3) is 4.48. The molecule has 0 bridgehead atoms. The van der Waals surface area contributed by atoms with E-state index in [2.05, 4.69) is 5.32 Å². The Hall–Kier alpha value is -2.56. The van der Waals surface area contributed by atoms with Crippen molar-refractivity contribution in [2.75, 3.05) is 11.1 Å². The van der Waals surface area contributed by atoms with Crippen LogP contribution in [0.4, 0.5) is 11.4 Å². The number of nitrogens with one attached hydrogen (secondary N) is 1. The fourth-order valence-electron chi connectivity index (χ4n) is 2.31. The average molecular weight is 299 g/mol. The minimum absolute atomic E-state index is 0.00390. The van der Waals surface area contributed by atoms with Crippen LogP contribution in [-0.2, 0) is 11.3 Å². The van der Waals surface area contributed by atoms with Crippen LogP contribution in [0.1, 0.15) is 25.0 Å². The highest BCUT2D eigenvalue weighted by atomic mass is 16.1. The van der Waals surface area contributed by atoms with Crippen LogP contribution in [0.3, 0.4) is 0 Å². The molecule has 0 saturated heterocycles. The van der Waals surface area contributed by atoms with Crippen LogP contribution in [0, 0.1) is 6.92 Å². The van der Waals surface area contributed by atoms with Gasteiger partial charge in [-0.25, -0.2) is 0 Å². The molecule has 0 saturated carbocycles. The molecule has 1 heterocycles. The molecule has 2 rings (SSSR count). The van der Waals surface area contributed by atoms with Crippen molar-refractivity contribution in [3.05, 3.63) is 58.5 Å². The molecule has 5 heteroatoms. The Labute approximate surface area is 129 Å². The first-order valence-electron chi connectivity index (χ1n) is 7.38. The number of amides is 1. The number of nitrogens with zero attached hydrogens (tertiary/aromatic N) is 1. The van der Waals surface area contributed by atoms with Crippen molar-refractivity contribution in [3.63, 3.8) is 0 Å². The van der Waals surface area contributed by atoms with Gasteiger partial charge >= 0.3 is 0 Å². The van der Waals surface area contributed by atoms with E-state index in [4.69, 9.17) is 5.73 Å². The summed E-state index contributed by atoms with van der Waals surface area (Å²) >= 11 is 0. The molecule has 0 unspecified atom stereocenters. The number of aromatic nitrogens is 1. The lowest BCUT2D eigenvalue weighted by molar-refractivity contribution is -0.116. The predicted octanol–water partition coefficient (Wildman–Crippen LogP) is 2.55. The average Bonchev–Trinajstić information content (AvgIpc) is 2.46. The predicted molar refractivity (Wildman–Crippen MR) is 88.8 cm³/mol. The molecule has 0 aliphatic heterocycles. The quantitative estimate of drug-likeness (QED) is 0.635. The zero-order valence-corrected chi connectivity index (χ0v) is 12.7. The van der Waals surface area contributed by atoms with E-state index >= 15 is 0 Å². The number of rotatable bonds is 6. The van der Waals surface area contributed by atoms with E-state index in [-0.39, 0.29) is 11.5 Å². The summed E-state index contributed by atoms with van der Waals surface area (Å²) in [7, 11) is 0. The van der Waals surface area contributed by atoms with Gasteiger partial charge in [-0.1, -0.05) is 12.1 Å². The maximum absolute atomic E-state index is 11.8. The standard InChI is InChI=1S/C17H21N3O2/c1-13-6-4-10-17(22)20(13)11-3-2-9-16(21)19-15-8-5-7-14(18)12-15/h4-8,10,12H,2-3,9,11,18H2,1H3,(H,19,21). The SMILES string of the molecule is Cc1cccc(=O)n1CCCCC(=O)Nc1cccc(N)c1. The maximum Gasteiger partial charge on any atom is 0.250 e. The molecule has 5 nitrogen and oxygen atoms in total. The zero-order valence-electron chi connectivity index (χ0n) is 12.7. The fourth-order valence-corrected chi connectivity index (χ4v) is 2.31. The topological polar surface area (TPSA) is 77.1 Å². The lowest BCUT2D eigenvalue weighted by atomic mass is 10.2. The van der Waals surface area contributed by atoms with E-state index in [0.29, 0.717) is 24.3 Å². The fraction of sp³-hybridized carbons (Fsp3) is 0.294. The molecule has 1 amide bonds. The smallest absolute Gasteiger partial charge is 0.250 e. The van der Waals surface area contributed by atoms with Gasteiger partial charge in [0.15, 0.2) is 0 Å². The lowest BCUT2D eigenvalue weighted by Gasteiger charge is -2.09. The first-order chi connectivity index (χ1) is 10.6. The summed E-state index contributed by atoms with van der Waals surface area (Å²) < 4.78 is 1.73. The highest BCUT2D eigenvalue weighted by Gasteiger charge is 2.04. The monoisotopic (exact) mass is 299 g/mol. The van der Waals surface area contributed by atoms with Gasteiger partial charge in [-0.3, -0.25) is 9.59 Å². The second-order valence-electron chi connectivity index (χ2n) is 5.29. The van der Waals surface area contributed by atoms with Crippen LogP contribution in [0.2, 0.25) is 0 Å². The van der Waals surface area contributed by atoms with E-state index in [1.807, 2.05) is 13.0 Å². The Balaban J connectivity index is 1.77. The summed E-state index contributed by atoms with van der Waals surface area (Å²) in [5, 5.41) is 2.82. The van der Waals surface area contributed by atoms with Crippen LogP contribution >= 0.6 is 0 Å². The van der Waals surface area contributed by atoms with Gasteiger partial charge in [0, 0.05) is 36.1 Å². The number of nitrogens with two attached hydrogens (primary N) is 1. The maximum atomic E-state index is 11.8. The number of hydrogen-bond donors (Lipinski definition) is 2. The van der Waals surface area contributed by atoms with Gasteiger partial charge in [0.25, 0.3) is 5.56 Å². The Morgan fingerprint density at radius 2 is 1.95 bits per heavy atom. The van der Waals surface area contributed by atoms with Gasteiger partial charge in [-0.15, -0.1) is 0 Å². The molecule has 0 fully saturated rings. The second kappa shape index (κ2) is 7.45. The number of hydrogen-bond acceptors (Lipinski definition) is 3. The van der Waals surface area contributed by atoms with Crippen LogP contribution < -0.4 is 16.6 Å². The van der Waals surface area contributed by atoms with E-state index < -0.39 is 0 Å². The summed E-state index contributed by atoms with van der Waals surface area (Å²) in [5.41, 5.74) is 7.94. The Morgan fingerprint density at radius 3 is 2.68 bits per heavy atom. The van der Waals surface area contributed by atoms with E-state index in [0.717, 1.165) is 18.5 Å². The largest absolute Gasteiger partial charge is 0.399 e. The normalized spacial score (nSPS) is 10.4. The van der Waals surface area contributed by atoms with Gasteiger partial charge in [0.05, 0.1) is 0 Å². The molecule has 1 aromatic carbocycles. The third-order valence-corrected chi connectivity index (χ3v) is 3.47. The number of pyridine rings is 1. The number of aryl methyl sites for hydroxylation is 1. The van der Waals surface area contributed by atoms with Crippen molar-refractivity contribution < 1.29 is 4.79 Å². The molecule has 0 radical (unpaired) electrons. The minimum atomic E-state index is -0.0391. The highest BCUT2D eigenvalue weighted by Crippen LogP contribution is 2.12. The molecule has 3 N–H and O–H groups in total. The molecule has 1 aromatic heterocycles. The third-order valence-electron chi connectivity index (χ3n) is 3.47. The number of nitrogen functional groups attached to an aromatic ring is 1. The molecule has 22 heavy (non-hydrogen) atoms. The van der Waals surface area contributed by atoms with Gasteiger partial charge in [0.1, 0.15) is 0 Å². The first-order valence-corrected chi connectivity index (χ1v) is 7.38. The number of anilines is 2. The summed E-state index contributed by atoms with van der Waals surface area (Å²) in [6.07, 6.45) is 1.94. The Kier molecular flexibility index (Phi) is 5.36. The van der Waals surface area contributed by atoms with E-state index in [1.165, 1.54) is 0 Å². The highest BCUT2D eigenvalue weighted by molar-refractivity contribution is 5.91. The summed E-state index contributed by atoms with van der Waals surface area (Å²) in [6, 6.07) is 12.3. The summed E-state index contributed by atoms with van der Waals surface area (Å²) in [5.74, 6) is -0.0391. The van der Waals surface area contributed by atoms with E-state index in [9.17, 15) is 9.59 Å². The molecular weight excluding hydrogens is 278 g/mol. The molecule has 0 aliphatic rings. The van der Waals surface area contributed by atoms with Gasteiger partial charge in [-0.2, -0.15) is 0 Å². The molecule has 2 aromatic rings. The lowest BCUT2D eigenvalue weighted by Crippen LogP contribution is -2.21. The van der Waals surface area contributed by atoms with Crippen molar-refractivity contribution in [1.29, 1.82) is 0 Å². The van der Waals surface area contributed by atoms with Crippen molar-refractivity contribution in [2.45, 2.75) is 32.7 Å². The van der Waals surface area contributed by atoms with Crippen LogP contribution in [-0.4, -0.2) is 10.5 Å². The van der Waals surface area contributed by atoms with Crippen LogP contribution in [0.5, 0.6) is 0 Å². The Morgan fingerprint density at radius 1 is 1.18 bits per heavy atom. The number of benzene rings is 1. The molecule has 0 spiro atoms. The first kappa shape index (κ1) is 15.8. The molecular formula is C17H21N3O2. The van der Waals surface area contributed by atoms with Crippen LogP contribution in [0.15, 0.2) is 47.3 Å². The second-order valence-corrected chi connectivity index (χ2v) is 5.29. The Bertz CT molecular complexity index is 707. The minimum Gasteiger partial charge on any atom is -0.399 e. The number of carbonyl (C=O) groups is 1. The van der Waals surface area contributed by atoms with Crippen molar-refractivity contribution in [2.24, 2.45) is 0 Å². The molecule has 116 valence electrons. The van der Waals surface area contributed by atoms with Gasteiger partial charge in [0.2, 0.25) is 5.91 Å².